The van der Waals surface area contributed by atoms with Crippen LogP contribution in [0.3, 0.4) is 0 Å². The number of methoxy groups -OCH3 is 1. The van der Waals surface area contributed by atoms with Gasteiger partial charge in [-0.25, -0.2) is 0 Å². The third-order valence-corrected chi connectivity index (χ3v) is 2.12. The van der Waals surface area contributed by atoms with Crippen LogP contribution in [0, 0.1) is 0 Å². The molecule has 1 amide bonds. The van der Waals surface area contributed by atoms with Crippen molar-refractivity contribution in [1.82, 2.24) is 4.90 Å². The first-order valence-electron chi connectivity index (χ1n) is 4.12. The molecule has 1 heterocycles. The van der Waals surface area contributed by atoms with Crippen LogP contribution in [0.25, 0.3) is 0 Å². The van der Waals surface area contributed by atoms with E-state index in [0.29, 0.717) is 6.42 Å². The number of ether oxygens (including phenoxy) is 1. The topological polar surface area (TPSA) is 66.8 Å². The highest BCUT2D eigenvalue weighted by Crippen LogP contribution is 2.24. The van der Waals surface area contributed by atoms with Gasteiger partial charge in [0.1, 0.15) is 6.23 Å². The Morgan fingerprint density at radius 1 is 1.85 bits per heavy atom. The van der Waals surface area contributed by atoms with Crippen LogP contribution in [-0.4, -0.2) is 41.3 Å². The zero-order valence-electron chi connectivity index (χ0n) is 7.69. The van der Waals surface area contributed by atoms with E-state index in [2.05, 4.69) is 4.74 Å². The number of rotatable bonds is 3. The normalized spacial score (nSPS) is 23.8. The third-order valence-electron chi connectivity index (χ3n) is 2.12. The molecular formula is C8H13NO4. The van der Waals surface area contributed by atoms with Crippen LogP contribution in [-0.2, 0) is 14.3 Å². The predicted molar refractivity (Wildman–Crippen MR) is 43.6 cm³/mol. The smallest absolute Gasteiger partial charge is 0.307 e. The van der Waals surface area contributed by atoms with Gasteiger partial charge >= 0.3 is 5.97 Å². The fourth-order valence-corrected chi connectivity index (χ4v) is 1.46. The average Bonchev–Trinajstić information content (AvgIpc) is 2.01. The molecule has 0 aliphatic carbocycles. The van der Waals surface area contributed by atoms with E-state index < -0.39 is 6.23 Å². The largest absolute Gasteiger partial charge is 0.469 e. The van der Waals surface area contributed by atoms with Crippen molar-refractivity contribution in [2.45, 2.75) is 32.0 Å². The molecule has 0 spiro atoms. The van der Waals surface area contributed by atoms with E-state index in [0.717, 1.165) is 0 Å². The second-order valence-corrected chi connectivity index (χ2v) is 3.07. The van der Waals surface area contributed by atoms with E-state index in [9.17, 15) is 9.59 Å². The van der Waals surface area contributed by atoms with Gasteiger partial charge in [-0.1, -0.05) is 0 Å². The predicted octanol–water partition coefficient (Wildman–Crippen LogP) is -0.511. The standard InChI is InChI=1S/C8H13NO4/c1-5(10)9-6(3-7(9)11)4-8(12)13-2/h5-6,10H,3-4H2,1-2H3. The summed E-state index contributed by atoms with van der Waals surface area (Å²) in [5.41, 5.74) is 0. The molecule has 0 saturated carbocycles. The number of β-lactam (4-membered cyclic amide) rings is 1. The van der Waals surface area contributed by atoms with Crippen LogP contribution in [0.15, 0.2) is 0 Å². The molecule has 1 rings (SSSR count). The van der Waals surface area contributed by atoms with Crippen LogP contribution in [0.1, 0.15) is 19.8 Å². The van der Waals surface area contributed by atoms with E-state index >= 15 is 0 Å². The summed E-state index contributed by atoms with van der Waals surface area (Å²) in [6.07, 6.45) is -0.344. The molecule has 5 heteroatoms. The molecule has 1 aliphatic heterocycles. The first kappa shape index (κ1) is 9.98. The van der Waals surface area contributed by atoms with Crippen LogP contribution < -0.4 is 0 Å². The highest BCUT2D eigenvalue weighted by atomic mass is 16.5. The molecule has 0 aromatic rings. The van der Waals surface area contributed by atoms with Crippen LogP contribution in [0.4, 0.5) is 0 Å². The number of amides is 1. The van der Waals surface area contributed by atoms with Gasteiger partial charge in [0.15, 0.2) is 0 Å². The number of hydrogen-bond donors (Lipinski definition) is 1. The monoisotopic (exact) mass is 187 g/mol. The highest BCUT2D eigenvalue weighted by Gasteiger charge is 2.39. The molecule has 1 aliphatic rings. The Morgan fingerprint density at radius 2 is 2.46 bits per heavy atom. The van der Waals surface area contributed by atoms with Gasteiger partial charge < -0.3 is 14.7 Å². The number of likely N-dealkylation sites (tertiary alicyclic amines) is 1. The van der Waals surface area contributed by atoms with Gasteiger partial charge in [0.05, 0.1) is 19.6 Å². The molecule has 2 atom stereocenters. The molecular weight excluding hydrogens is 174 g/mol. The Balaban J connectivity index is 2.45. The lowest BCUT2D eigenvalue weighted by Gasteiger charge is -2.41. The first-order valence-corrected chi connectivity index (χ1v) is 4.12. The lowest BCUT2D eigenvalue weighted by molar-refractivity contribution is -0.164. The molecule has 0 aromatic carbocycles. The molecule has 13 heavy (non-hydrogen) atoms. The van der Waals surface area contributed by atoms with Crippen molar-refractivity contribution < 1.29 is 19.4 Å². The van der Waals surface area contributed by atoms with Gasteiger partial charge in [-0.15, -0.1) is 0 Å². The van der Waals surface area contributed by atoms with Crippen LogP contribution >= 0.6 is 0 Å². The summed E-state index contributed by atoms with van der Waals surface area (Å²) in [5.74, 6) is -0.480. The Labute approximate surface area is 76.3 Å². The van der Waals surface area contributed by atoms with Crippen molar-refractivity contribution in [3.8, 4) is 0 Å². The molecule has 74 valence electrons. The summed E-state index contributed by atoms with van der Waals surface area (Å²) < 4.78 is 4.46. The third kappa shape index (κ3) is 1.98. The fraction of sp³-hybridized carbons (Fsp3) is 0.750. The molecule has 0 aromatic heterocycles. The second kappa shape index (κ2) is 3.74. The Kier molecular flexibility index (Phi) is 2.87. The maximum absolute atomic E-state index is 11.0. The van der Waals surface area contributed by atoms with Crippen molar-refractivity contribution >= 4 is 11.9 Å². The Bertz CT molecular complexity index is 226. The number of aliphatic hydroxyl groups excluding tert-OH is 1. The van der Waals surface area contributed by atoms with Gasteiger partial charge in [-0.2, -0.15) is 0 Å². The number of nitrogens with zero attached hydrogens (tertiary/aromatic N) is 1. The van der Waals surface area contributed by atoms with Gasteiger partial charge in [0.2, 0.25) is 5.91 Å². The summed E-state index contributed by atoms with van der Waals surface area (Å²) in [5, 5.41) is 9.15. The summed E-state index contributed by atoms with van der Waals surface area (Å²) >= 11 is 0. The van der Waals surface area contributed by atoms with Gasteiger partial charge in [-0.3, -0.25) is 9.59 Å². The van der Waals surface area contributed by atoms with Crippen LogP contribution in [0.5, 0.6) is 0 Å². The van der Waals surface area contributed by atoms with Gasteiger partial charge in [-0.05, 0) is 6.92 Å². The lowest BCUT2D eigenvalue weighted by Crippen LogP contribution is -2.57. The zero-order chi connectivity index (χ0) is 10.0. The Morgan fingerprint density at radius 3 is 2.85 bits per heavy atom. The van der Waals surface area contributed by atoms with Gasteiger partial charge in [0, 0.05) is 6.42 Å². The SMILES string of the molecule is COC(=O)CC1CC(=O)N1C(C)O. The summed E-state index contributed by atoms with van der Waals surface area (Å²) in [4.78, 5) is 23.1. The number of carbonyl (C=O) groups excluding carboxylic acids is 2. The molecule has 5 nitrogen and oxygen atoms in total. The van der Waals surface area contributed by atoms with Crippen molar-refractivity contribution in [2.75, 3.05) is 7.11 Å². The van der Waals surface area contributed by atoms with E-state index in [1.165, 1.54) is 18.9 Å². The maximum Gasteiger partial charge on any atom is 0.307 e. The van der Waals surface area contributed by atoms with Crippen LogP contribution in [0.2, 0.25) is 0 Å². The molecule has 1 saturated heterocycles. The van der Waals surface area contributed by atoms with E-state index in [-0.39, 0.29) is 24.3 Å². The molecule has 0 radical (unpaired) electrons. The maximum atomic E-state index is 11.0. The summed E-state index contributed by atoms with van der Waals surface area (Å²) in [6, 6.07) is -0.194. The molecule has 1 fully saturated rings. The molecule has 2 unspecified atom stereocenters. The quantitative estimate of drug-likeness (QED) is 0.477. The highest BCUT2D eigenvalue weighted by molar-refractivity contribution is 5.85. The summed E-state index contributed by atoms with van der Waals surface area (Å²) in [6.45, 7) is 1.50. The van der Waals surface area contributed by atoms with Crippen molar-refractivity contribution in [1.29, 1.82) is 0 Å². The first-order chi connectivity index (χ1) is 6.06. The number of aliphatic hydroxyl groups is 1. The minimum Gasteiger partial charge on any atom is -0.469 e. The van der Waals surface area contributed by atoms with Crippen molar-refractivity contribution in [3.63, 3.8) is 0 Å². The number of carbonyl (C=O) groups is 2. The second-order valence-electron chi connectivity index (χ2n) is 3.07. The molecule has 1 N–H and O–H groups in total. The van der Waals surface area contributed by atoms with Crippen molar-refractivity contribution in [3.05, 3.63) is 0 Å². The lowest BCUT2D eigenvalue weighted by atomic mass is 9.98. The van der Waals surface area contributed by atoms with E-state index in [1.54, 1.807) is 0 Å². The van der Waals surface area contributed by atoms with Gasteiger partial charge in [0.25, 0.3) is 0 Å². The van der Waals surface area contributed by atoms with Crippen molar-refractivity contribution in [2.24, 2.45) is 0 Å². The minimum atomic E-state index is -0.823. The van der Waals surface area contributed by atoms with E-state index in [1.807, 2.05) is 0 Å². The summed E-state index contributed by atoms with van der Waals surface area (Å²) in [7, 11) is 1.30. The zero-order valence-corrected chi connectivity index (χ0v) is 7.69. The number of hydrogen-bond acceptors (Lipinski definition) is 4. The Hall–Kier alpha value is -1.10. The molecule has 0 bridgehead atoms. The average molecular weight is 187 g/mol. The van der Waals surface area contributed by atoms with E-state index in [4.69, 9.17) is 5.11 Å². The number of esters is 1. The minimum absolute atomic E-state index is 0.121. The fourth-order valence-electron chi connectivity index (χ4n) is 1.46.